The van der Waals surface area contributed by atoms with E-state index in [1.807, 2.05) is 6.07 Å². The molecule has 3 aliphatic rings. The number of hydrogen-bond acceptors (Lipinski definition) is 7. The first-order valence-electron chi connectivity index (χ1n) is 12.5. The first kappa shape index (κ1) is 23.5. The number of carbonyl (C=O) groups excluding carboxylic acids is 2. The van der Waals surface area contributed by atoms with Crippen LogP contribution in [0.5, 0.6) is 0 Å². The summed E-state index contributed by atoms with van der Waals surface area (Å²) in [6.45, 7) is -0.322. The van der Waals surface area contributed by atoms with Gasteiger partial charge in [0.1, 0.15) is 18.9 Å². The number of likely N-dealkylation sites (tertiary alicyclic amines) is 1. The largest absolute Gasteiger partial charge is 0.372 e. The summed E-state index contributed by atoms with van der Waals surface area (Å²) in [5.41, 5.74) is 8.77. The maximum absolute atomic E-state index is 14.5. The zero-order chi connectivity index (χ0) is 25.7. The van der Waals surface area contributed by atoms with Gasteiger partial charge < -0.3 is 21.1 Å². The van der Waals surface area contributed by atoms with Crippen LogP contribution in [0.1, 0.15) is 36.2 Å². The molecule has 11 heteroatoms. The number of nitrogens with one attached hydrogen (secondary N) is 1. The fourth-order valence-corrected chi connectivity index (χ4v) is 6.01. The molecule has 4 N–H and O–H groups in total. The Morgan fingerprint density at radius 2 is 2.05 bits per heavy atom. The summed E-state index contributed by atoms with van der Waals surface area (Å²) in [5, 5.41) is 26.6. The van der Waals surface area contributed by atoms with Crippen molar-refractivity contribution in [3.05, 3.63) is 54.1 Å². The Morgan fingerprint density at radius 3 is 2.76 bits per heavy atom. The summed E-state index contributed by atoms with van der Waals surface area (Å²) in [7, 11) is 0. The van der Waals surface area contributed by atoms with E-state index in [1.165, 1.54) is 16.0 Å². The van der Waals surface area contributed by atoms with E-state index in [1.54, 1.807) is 30.6 Å². The number of nitrogens with zero attached hydrogens (tertiary/aromatic N) is 5. The van der Waals surface area contributed by atoms with Crippen molar-refractivity contribution >= 4 is 22.7 Å². The first-order chi connectivity index (χ1) is 17.9. The molecular weight excluding hydrogens is 477 g/mol. The van der Waals surface area contributed by atoms with E-state index < -0.39 is 30.3 Å². The number of aliphatic hydroxyl groups is 1. The molecule has 0 spiro atoms. The van der Waals surface area contributed by atoms with Gasteiger partial charge >= 0.3 is 0 Å². The van der Waals surface area contributed by atoms with Gasteiger partial charge in [-0.2, -0.15) is 15.3 Å². The molecule has 5 unspecified atom stereocenters. The van der Waals surface area contributed by atoms with Crippen LogP contribution in [0.4, 0.5) is 4.39 Å². The van der Waals surface area contributed by atoms with Gasteiger partial charge in [-0.1, -0.05) is 12.1 Å². The van der Waals surface area contributed by atoms with Crippen LogP contribution in [-0.2, 0) is 11.3 Å². The predicted octanol–water partition coefficient (Wildman–Crippen LogP) is 1.75. The molecule has 1 aliphatic heterocycles. The molecule has 2 aromatic heterocycles. The second-order valence-electron chi connectivity index (χ2n) is 10.2. The van der Waals surface area contributed by atoms with Crippen LogP contribution < -0.4 is 11.1 Å². The van der Waals surface area contributed by atoms with Crippen molar-refractivity contribution in [2.24, 2.45) is 17.6 Å². The van der Waals surface area contributed by atoms with Crippen molar-refractivity contribution in [3.8, 4) is 11.1 Å². The molecule has 1 saturated heterocycles. The quantitative estimate of drug-likeness (QED) is 0.416. The third-order valence-corrected chi connectivity index (χ3v) is 7.81. The summed E-state index contributed by atoms with van der Waals surface area (Å²) in [4.78, 5) is 26.9. The SMILES string of the molecule is NC(=O)c1nn(CC(=O)N2CC(F)CC2C(O)NC2=CC3CCC2C3)c2ccc(-c3ccnnc3)cc12. The Kier molecular flexibility index (Phi) is 5.86. The molecule has 192 valence electrons. The molecule has 3 heterocycles. The van der Waals surface area contributed by atoms with Gasteiger partial charge in [0, 0.05) is 23.1 Å². The zero-order valence-corrected chi connectivity index (χ0v) is 20.1. The number of aromatic nitrogens is 4. The number of aliphatic hydroxyl groups excluding tert-OH is 1. The number of fused-ring (bicyclic) bond motifs is 3. The smallest absolute Gasteiger partial charge is 0.269 e. The van der Waals surface area contributed by atoms with Gasteiger partial charge in [0.25, 0.3) is 5.91 Å². The Hall–Kier alpha value is -3.86. The lowest BCUT2D eigenvalue weighted by Crippen LogP contribution is -2.50. The minimum atomic E-state index is -1.23. The van der Waals surface area contributed by atoms with E-state index in [0.717, 1.165) is 29.7 Å². The monoisotopic (exact) mass is 505 g/mol. The topological polar surface area (TPSA) is 139 Å². The summed E-state index contributed by atoms with van der Waals surface area (Å²) >= 11 is 0. The summed E-state index contributed by atoms with van der Waals surface area (Å²) < 4.78 is 15.9. The zero-order valence-electron chi connectivity index (χ0n) is 20.1. The fraction of sp³-hybridized carbons (Fsp3) is 0.423. The van der Waals surface area contributed by atoms with E-state index in [2.05, 4.69) is 26.7 Å². The standard InChI is InChI=1S/C26H28FN7O3/c27-18-10-22(26(37)31-20-8-14-1-2-16(20)7-14)33(12-18)23(35)13-34-21-4-3-15(17-5-6-29-30-11-17)9-19(21)24(32-34)25(28)36/h3-6,8-9,11,14,16,18,22,26,31,37H,1-2,7,10,12-13H2,(H2,28,36). The van der Waals surface area contributed by atoms with Crippen molar-refractivity contribution in [1.29, 1.82) is 0 Å². The highest BCUT2D eigenvalue weighted by Crippen LogP contribution is 2.42. The third kappa shape index (κ3) is 4.33. The van der Waals surface area contributed by atoms with E-state index >= 15 is 0 Å². The molecule has 3 aromatic rings. The maximum atomic E-state index is 14.5. The number of primary amides is 1. The first-order valence-corrected chi connectivity index (χ1v) is 12.5. The summed E-state index contributed by atoms with van der Waals surface area (Å²) in [6.07, 6.45) is 6.42. The summed E-state index contributed by atoms with van der Waals surface area (Å²) in [5.74, 6) is -0.168. The van der Waals surface area contributed by atoms with Crippen LogP contribution >= 0.6 is 0 Å². The lowest BCUT2D eigenvalue weighted by atomic mass is 10.0. The van der Waals surface area contributed by atoms with Gasteiger partial charge in [0.05, 0.1) is 30.5 Å². The number of allylic oxidation sites excluding steroid dienone is 2. The molecule has 2 aliphatic carbocycles. The lowest BCUT2D eigenvalue weighted by Gasteiger charge is -2.31. The van der Waals surface area contributed by atoms with E-state index in [9.17, 15) is 19.1 Å². The third-order valence-electron chi connectivity index (χ3n) is 7.81. The number of benzene rings is 1. The Bertz CT molecular complexity index is 1390. The number of rotatable bonds is 7. The van der Waals surface area contributed by atoms with Crippen molar-refractivity contribution < 1.29 is 19.1 Å². The van der Waals surface area contributed by atoms with E-state index in [4.69, 9.17) is 5.73 Å². The fourth-order valence-electron chi connectivity index (χ4n) is 6.01. The number of alkyl halides is 1. The second-order valence-corrected chi connectivity index (χ2v) is 10.2. The van der Waals surface area contributed by atoms with Crippen LogP contribution in [0.15, 0.2) is 48.4 Å². The van der Waals surface area contributed by atoms with Crippen LogP contribution in [0.3, 0.4) is 0 Å². The van der Waals surface area contributed by atoms with Crippen molar-refractivity contribution in [2.45, 2.75) is 50.7 Å². The Labute approximate surface area is 212 Å². The molecular formula is C26H28FN7O3. The number of hydrogen-bond donors (Lipinski definition) is 3. The predicted molar refractivity (Wildman–Crippen MR) is 132 cm³/mol. The van der Waals surface area contributed by atoms with E-state index in [0.29, 0.717) is 22.7 Å². The molecule has 1 saturated carbocycles. The maximum Gasteiger partial charge on any atom is 0.269 e. The van der Waals surface area contributed by atoms with Gasteiger partial charge in [-0.3, -0.25) is 14.3 Å². The highest BCUT2D eigenvalue weighted by atomic mass is 19.1. The molecule has 5 atom stereocenters. The van der Waals surface area contributed by atoms with Crippen molar-refractivity contribution in [2.75, 3.05) is 6.54 Å². The van der Waals surface area contributed by atoms with Gasteiger partial charge in [-0.25, -0.2) is 4.39 Å². The minimum Gasteiger partial charge on any atom is -0.372 e. The normalized spacial score (nSPS) is 25.5. The highest BCUT2D eigenvalue weighted by Gasteiger charge is 2.41. The molecule has 2 fully saturated rings. The van der Waals surface area contributed by atoms with Gasteiger partial charge in [-0.15, -0.1) is 0 Å². The minimum absolute atomic E-state index is 0.0397. The molecule has 2 amide bonds. The van der Waals surface area contributed by atoms with Crippen molar-refractivity contribution in [1.82, 2.24) is 30.2 Å². The van der Waals surface area contributed by atoms with Gasteiger partial charge in [-0.05, 0) is 54.9 Å². The van der Waals surface area contributed by atoms with Gasteiger partial charge in [0.2, 0.25) is 5.91 Å². The number of carbonyl (C=O) groups is 2. The van der Waals surface area contributed by atoms with Gasteiger partial charge in [0.15, 0.2) is 5.69 Å². The second kappa shape index (κ2) is 9.22. The lowest BCUT2D eigenvalue weighted by molar-refractivity contribution is -0.135. The van der Waals surface area contributed by atoms with Crippen LogP contribution in [0, 0.1) is 11.8 Å². The average molecular weight is 506 g/mol. The van der Waals surface area contributed by atoms with Crippen LogP contribution in [0.2, 0.25) is 0 Å². The molecule has 10 nitrogen and oxygen atoms in total. The van der Waals surface area contributed by atoms with Crippen LogP contribution in [-0.4, -0.2) is 66.8 Å². The Morgan fingerprint density at radius 1 is 1.19 bits per heavy atom. The molecule has 37 heavy (non-hydrogen) atoms. The number of amides is 2. The summed E-state index contributed by atoms with van der Waals surface area (Å²) in [6, 6.07) is 6.45. The van der Waals surface area contributed by atoms with Crippen LogP contribution in [0.25, 0.3) is 22.0 Å². The molecule has 1 aromatic carbocycles. The number of nitrogens with two attached hydrogens (primary N) is 1. The molecule has 6 rings (SSSR count). The number of halogens is 1. The average Bonchev–Trinajstić information content (AvgIpc) is 3.67. The Balaban J connectivity index is 1.24. The molecule has 2 bridgehead atoms. The van der Waals surface area contributed by atoms with Crippen molar-refractivity contribution in [3.63, 3.8) is 0 Å². The highest BCUT2D eigenvalue weighted by molar-refractivity contribution is 6.05. The van der Waals surface area contributed by atoms with E-state index in [-0.39, 0.29) is 25.2 Å². The molecule has 0 radical (unpaired) electrons.